The molecule has 1 aromatic heterocycles. The summed E-state index contributed by atoms with van der Waals surface area (Å²) in [5, 5.41) is 0.700. The number of carbonyl (C=O) groups excluding carboxylic acids is 1. The lowest BCUT2D eigenvalue weighted by molar-refractivity contribution is -0.135. The molecule has 0 atom stereocenters. The van der Waals surface area contributed by atoms with Gasteiger partial charge in [0.05, 0.1) is 17.2 Å². The van der Waals surface area contributed by atoms with Crippen LogP contribution in [0.5, 0.6) is 0 Å². The molecule has 29 heavy (non-hydrogen) atoms. The zero-order valence-electron chi connectivity index (χ0n) is 16.8. The molecule has 3 aliphatic rings. The van der Waals surface area contributed by atoms with Crippen LogP contribution in [0.1, 0.15) is 44.6 Å². The maximum atomic E-state index is 12.9. The number of benzene rings is 1. The maximum Gasteiger partial charge on any atom is 0.261 e. The van der Waals surface area contributed by atoms with E-state index in [1.165, 1.54) is 12.8 Å². The van der Waals surface area contributed by atoms with Crippen LogP contribution in [0.3, 0.4) is 0 Å². The van der Waals surface area contributed by atoms with Crippen molar-refractivity contribution >= 4 is 22.5 Å². The topological polar surface area (TPSA) is 58.4 Å². The van der Waals surface area contributed by atoms with Gasteiger partial charge in [-0.2, -0.15) is 0 Å². The predicted molar refractivity (Wildman–Crippen MR) is 114 cm³/mol. The van der Waals surface area contributed by atoms with E-state index in [4.69, 9.17) is 0 Å². The van der Waals surface area contributed by atoms with Crippen LogP contribution in [-0.4, -0.2) is 46.5 Å². The van der Waals surface area contributed by atoms with E-state index in [1.807, 2.05) is 27.7 Å². The minimum absolute atomic E-state index is 0.0778. The van der Waals surface area contributed by atoms with Crippen LogP contribution in [0.4, 0.5) is 5.69 Å². The molecule has 5 rings (SSSR count). The van der Waals surface area contributed by atoms with Crippen molar-refractivity contribution in [2.75, 3.05) is 31.1 Å². The van der Waals surface area contributed by atoms with Crippen LogP contribution in [0.25, 0.3) is 10.9 Å². The van der Waals surface area contributed by atoms with Crippen molar-refractivity contribution < 1.29 is 4.79 Å². The Hall–Kier alpha value is -2.63. The highest BCUT2D eigenvalue weighted by molar-refractivity contribution is 5.82. The van der Waals surface area contributed by atoms with Crippen molar-refractivity contribution in [2.45, 2.75) is 44.6 Å². The molecule has 1 saturated carbocycles. The molecule has 1 aromatic carbocycles. The van der Waals surface area contributed by atoms with E-state index < -0.39 is 0 Å². The van der Waals surface area contributed by atoms with Gasteiger partial charge < -0.3 is 9.80 Å². The average molecular weight is 393 g/mol. The summed E-state index contributed by atoms with van der Waals surface area (Å²) in [5.41, 5.74) is 1.92. The molecule has 2 heterocycles. The number of amides is 1. The van der Waals surface area contributed by atoms with Crippen molar-refractivity contribution in [2.24, 2.45) is 5.92 Å². The first-order valence-corrected chi connectivity index (χ1v) is 10.9. The summed E-state index contributed by atoms with van der Waals surface area (Å²) < 4.78 is 1.83. The van der Waals surface area contributed by atoms with E-state index in [0.717, 1.165) is 63.1 Å². The number of rotatable bonds is 3. The molecule has 1 amide bonds. The van der Waals surface area contributed by atoms with E-state index in [9.17, 15) is 9.59 Å². The molecule has 6 heteroatoms. The number of nitrogens with zero attached hydrogens (tertiary/aromatic N) is 4. The highest BCUT2D eigenvalue weighted by Gasteiger charge is 2.28. The third-order valence-electron chi connectivity index (χ3n) is 6.80. The highest BCUT2D eigenvalue weighted by Crippen LogP contribution is 2.29. The second-order valence-corrected chi connectivity index (χ2v) is 8.55. The van der Waals surface area contributed by atoms with Crippen LogP contribution < -0.4 is 10.5 Å². The van der Waals surface area contributed by atoms with Crippen LogP contribution in [0.2, 0.25) is 0 Å². The molecule has 0 bridgehead atoms. The Morgan fingerprint density at radius 3 is 2.45 bits per heavy atom. The molecule has 2 fully saturated rings. The summed E-state index contributed by atoms with van der Waals surface area (Å²) in [6, 6.07) is 6.28. The van der Waals surface area contributed by atoms with Gasteiger partial charge in [0.2, 0.25) is 5.91 Å². The largest absolute Gasteiger partial charge is 0.368 e. The fourth-order valence-electron chi connectivity index (χ4n) is 5.02. The Labute approximate surface area is 170 Å². The van der Waals surface area contributed by atoms with Crippen molar-refractivity contribution in [1.82, 2.24) is 14.5 Å². The Morgan fingerprint density at radius 1 is 1.00 bits per heavy atom. The Balaban J connectivity index is 1.30. The van der Waals surface area contributed by atoms with Crippen molar-refractivity contribution in [3.8, 4) is 0 Å². The highest BCUT2D eigenvalue weighted by atomic mass is 16.2. The van der Waals surface area contributed by atoms with Gasteiger partial charge in [0, 0.05) is 43.8 Å². The van der Waals surface area contributed by atoms with Crippen LogP contribution >= 0.6 is 0 Å². The van der Waals surface area contributed by atoms with Crippen LogP contribution in [0, 0.1) is 5.92 Å². The van der Waals surface area contributed by atoms with Gasteiger partial charge in [0.1, 0.15) is 0 Å². The normalized spacial score (nSPS) is 20.8. The molecule has 6 nitrogen and oxygen atoms in total. The Kier molecular flexibility index (Phi) is 4.86. The number of allylic oxidation sites excluding steroid dienone is 2. The van der Waals surface area contributed by atoms with Gasteiger partial charge in [0.25, 0.3) is 5.56 Å². The van der Waals surface area contributed by atoms with Crippen LogP contribution in [0.15, 0.2) is 41.5 Å². The number of fused-ring (bicyclic) bond motifs is 1. The lowest BCUT2D eigenvalue weighted by Crippen LogP contribution is -2.50. The van der Waals surface area contributed by atoms with Gasteiger partial charge in [-0.1, -0.05) is 25.0 Å². The zero-order valence-corrected chi connectivity index (χ0v) is 16.8. The molecule has 0 N–H and O–H groups in total. The fraction of sp³-hybridized carbons (Fsp3) is 0.522. The van der Waals surface area contributed by atoms with Crippen molar-refractivity contribution in [3.63, 3.8) is 0 Å². The first-order chi connectivity index (χ1) is 14.2. The lowest BCUT2D eigenvalue weighted by Gasteiger charge is -2.37. The lowest BCUT2D eigenvalue weighted by atomic mass is 10.1. The van der Waals surface area contributed by atoms with Crippen LogP contribution in [-0.2, 0) is 4.79 Å². The summed E-state index contributed by atoms with van der Waals surface area (Å²) in [5.74, 6) is 0.441. The minimum atomic E-state index is 0.0778. The number of hydrogen-bond acceptors (Lipinski definition) is 4. The summed E-state index contributed by atoms with van der Waals surface area (Å²) >= 11 is 0. The molecule has 2 aliphatic carbocycles. The predicted octanol–water partition coefficient (Wildman–Crippen LogP) is 3.13. The van der Waals surface area contributed by atoms with E-state index in [2.05, 4.69) is 22.0 Å². The van der Waals surface area contributed by atoms with E-state index in [-0.39, 0.29) is 11.5 Å². The van der Waals surface area contributed by atoms with Crippen molar-refractivity contribution in [1.29, 1.82) is 0 Å². The SMILES string of the molecule is O=C(C1CC=CC1)N1CCN(c2ccc3c(=O)n(C4CCCC4)cnc3c2)CC1. The summed E-state index contributed by atoms with van der Waals surface area (Å²) in [6.07, 6.45) is 12.3. The van der Waals surface area contributed by atoms with Gasteiger partial charge in [-0.15, -0.1) is 0 Å². The average Bonchev–Trinajstić information content (AvgIpc) is 3.48. The molecular formula is C23H28N4O2. The van der Waals surface area contributed by atoms with Crippen molar-refractivity contribution in [3.05, 3.63) is 47.0 Å². The smallest absolute Gasteiger partial charge is 0.261 e. The molecule has 152 valence electrons. The quantitative estimate of drug-likeness (QED) is 0.753. The third kappa shape index (κ3) is 3.45. The number of aromatic nitrogens is 2. The summed E-state index contributed by atoms with van der Waals surface area (Å²) in [4.78, 5) is 34.4. The standard InChI is InChI=1S/C23H28N4O2/c28-22(17-5-1-2-6-17)26-13-11-25(12-14-26)19-9-10-20-21(15-19)24-16-27(23(20)29)18-7-3-4-8-18/h1-2,9-10,15-18H,3-8,11-14H2. The molecule has 0 spiro atoms. The van der Waals surface area contributed by atoms with Gasteiger partial charge in [-0.3, -0.25) is 14.2 Å². The maximum absolute atomic E-state index is 12.9. The monoisotopic (exact) mass is 392 g/mol. The Morgan fingerprint density at radius 2 is 1.72 bits per heavy atom. The molecule has 2 aromatic rings. The van der Waals surface area contributed by atoms with Gasteiger partial charge in [-0.25, -0.2) is 4.98 Å². The summed E-state index contributed by atoms with van der Waals surface area (Å²) in [7, 11) is 0. The first kappa shape index (κ1) is 18.4. The van der Waals surface area contributed by atoms with E-state index in [0.29, 0.717) is 17.3 Å². The molecule has 1 aliphatic heterocycles. The molecule has 0 radical (unpaired) electrons. The molecular weight excluding hydrogens is 364 g/mol. The first-order valence-electron chi connectivity index (χ1n) is 10.9. The Bertz CT molecular complexity index is 990. The number of hydrogen-bond donors (Lipinski definition) is 0. The second-order valence-electron chi connectivity index (χ2n) is 8.55. The van der Waals surface area contributed by atoms with E-state index in [1.54, 1.807) is 6.33 Å². The zero-order chi connectivity index (χ0) is 19.8. The van der Waals surface area contributed by atoms with Gasteiger partial charge in [-0.05, 0) is 43.9 Å². The molecule has 0 unspecified atom stereocenters. The van der Waals surface area contributed by atoms with Gasteiger partial charge >= 0.3 is 0 Å². The number of piperazine rings is 1. The molecule has 1 saturated heterocycles. The van der Waals surface area contributed by atoms with E-state index >= 15 is 0 Å². The summed E-state index contributed by atoms with van der Waals surface area (Å²) in [6.45, 7) is 3.14. The fourth-order valence-corrected chi connectivity index (χ4v) is 5.02. The second kappa shape index (κ2) is 7.65. The third-order valence-corrected chi connectivity index (χ3v) is 6.80. The van der Waals surface area contributed by atoms with Gasteiger partial charge in [0.15, 0.2) is 0 Å². The minimum Gasteiger partial charge on any atom is -0.368 e. The number of carbonyl (C=O) groups is 1. The number of anilines is 1.